The summed E-state index contributed by atoms with van der Waals surface area (Å²) in [7, 11) is 0. The molecule has 1 heterocycles. The Hall–Kier alpha value is -0.420. The molecule has 2 rings (SSSR count). The smallest absolute Gasteiger partial charge is 0.125 e. The average Bonchev–Trinajstić information content (AvgIpc) is 2.78. The van der Waals surface area contributed by atoms with Crippen LogP contribution in [0.25, 0.3) is 10.6 Å². The zero-order chi connectivity index (χ0) is 12.3. The highest BCUT2D eigenvalue weighted by Gasteiger charge is 2.08. The van der Waals surface area contributed by atoms with E-state index in [2.05, 4.69) is 33.2 Å². The van der Waals surface area contributed by atoms with Gasteiger partial charge in [0.1, 0.15) is 5.01 Å². The van der Waals surface area contributed by atoms with Gasteiger partial charge < -0.3 is 5.32 Å². The van der Waals surface area contributed by atoms with Crippen LogP contribution in [-0.4, -0.2) is 11.5 Å². The van der Waals surface area contributed by atoms with Crippen LogP contribution in [-0.2, 0) is 6.54 Å². The lowest BCUT2D eigenvalue weighted by Crippen LogP contribution is -2.10. The van der Waals surface area contributed by atoms with Gasteiger partial charge in [-0.05, 0) is 24.7 Å². The lowest BCUT2D eigenvalue weighted by Gasteiger charge is -2.00. The van der Waals surface area contributed by atoms with E-state index in [-0.39, 0.29) is 0 Å². The lowest BCUT2D eigenvalue weighted by atomic mass is 10.2. The van der Waals surface area contributed by atoms with Gasteiger partial charge in [0.15, 0.2) is 0 Å². The van der Waals surface area contributed by atoms with Crippen LogP contribution in [0.5, 0.6) is 0 Å². The summed E-state index contributed by atoms with van der Waals surface area (Å²) in [6, 6.07) is 5.81. The number of nitrogens with zero attached hydrogens (tertiary/aromatic N) is 1. The largest absolute Gasteiger partial charge is 0.312 e. The van der Waals surface area contributed by atoms with E-state index in [0.717, 1.165) is 33.2 Å². The topological polar surface area (TPSA) is 24.9 Å². The number of aromatic nitrogens is 1. The minimum absolute atomic E-state index is 0.734. The van der Waals surface area contributed by atoms with Gasteiger partial charge in [-0.2, -0.15) is 0 Å². The average molecular weight is 332 g/mol. The molecular formula is C12H12BrClN2S. The number of hydrogen-bond acceptors (Lipinski definition) is 3. The van der Waals surface area contributed by atoms with E-state index in [9.17, 15) is 0 Å². The predicted octanol–water partition coefficient (Wildman–Crippen LogP) is 4.34. The minimum Gasteiger partial charge on any atom is -0.312 e. The van der Waals surface area contributed by atoms with Crippen LogP contribution in [0.1, 0.15) is 11.8 Å². The monoisotopic (exact) mass is 330 g/mol. The van der Waals surface area contributed by atoms with Crippen molar-refractivity contribution in [3.8, 4) is 10.6 Å². The predicted molar refractivity (Wildman–Crippen MR) is 77.6 cm³/mol. The highest BCUT2D eigenvalue weighted by molar-refractivity contribution is 9.10. The Labute approximate surface area is 118 Å². The van der Waals surface area contributed by atoms with Crippen LogP contribution in [0.2, 0.25) is 5.02 Å². The molecule has 1 aromatic carbocycles. The molecule has 0 unspecified atom stereocenters. The molecule has 0 aliphatic heterocycles. The van der Waals surface area contributed by atoms with Crippen LogP contribution in [0, 0.1) is 0 Å². The fourth-order valence-electron chi connectivity index (χ4n) is 1.42. The lowest BCUT2D eigenvalue weighted by molar-refractivity contribution is 0.734. The summed E-state index contributed by atoms with van der Waals surface area (Å²) in [5.41, 5.74) is 0.980. The fourth-order valence-corrected chi connectivity index (χ4v) is 2.96. The van der Waals surface area contributed by atoms with E-state index < -0.39 is 0 Å². The zero-order valence-electron chi connectivity index (χ0n) is 9.34. The number of benzene rings is 1. The molecule has 0 amide bonds. The zero-order valence-corrected chi connectivity index (χ0v) is 12.5. The van der Waals surface area contributed by atoms with Gasteiger partial charge in [-0.3, -0.25) is 0 Å². The summed E-state index contributed by atoms with van der Waals surface area (Å²) in [6.07, 6.45) is 1.90. The molecule has 5 heteroatoms. The second-order valence-corrected chi connectivity index (χ2v) is 5.97. The first kappa shape index (κ1) is 13.0. The third-order valence-electron chi connectivity index (χ3n) is 2.26. The molecule has 17 heavy (non-hydrogen) atoms. The van der Waals surface area contributed by atoms with Gasteiger partial charge in [-0.25, -0.2) is 4.98 Å². The van der Waals surface area contributed by atoms with Crippen LogP contribution in [0.3, 0.4) is 0 Å². The van der Waals surface area contributed by atoms with E-state index in [1.54, 1.807) is 11.3 Å². The van der Waals surface area contributed by atoms with Crippen molar-refractivity contribution in [1.82, 2.24) is 10.3 Å². The van der Waals surface area contributed by atoms with Crippen molar-refractivity contribution in [2.75, 3.05) is 6.54 Å². The van der Waals surface area contributed by atoms with Crippen molar-refractivity contribution < 1.29 is 0 Å². The van der Waals surface area contributed by atoms with Crippen LogP contribution in [0.15, 0.2) is 28.9 Å². The van der Waals surface area contributed by atoms with Gasteiger partial charge in [0.25, 0.3) is 0 Å². The number of thiazole rings is 1. The van der Waals surface area contributed by atoms with E-state index in [1.807, 2.05) is 24.4 Å². The van der Waals surface area contributed by atoms with Crippen molar-refractivity contribution in [3.63, 3.8) is 0 Å². The van der Waals surface area contributed by atoms with Gasteiger partial charge >= 0.3 is 0 Å². The summed E-state index contributed by atoms with van der Waals surface area (Å²) in [5.74, 6) is 0. The molecule has 0 saturated heterocycles. The normalized spacial score (nSPS) is 10.8. The van der Waals surface area contributed by atoms with Crippen LogP contribution < -0.4 is 5.32 Å². The molecule has 2 aromatic rings. The maximum absolute atomic E-state index is 6.17. The number of halogens is 2. The van der Waals surface area contributed by atoms with Crippen molar-refractivity contribution in [1.29, 1.82) is 0 Å². The summed E-state index contributed by atoms with van der Waals surface area (Å²) >= 11 is 11.3. The molecule has 0 bridgehead atoms. The molecule has 0 aliphatic rings. The first-order valence-electron chi connectivity index (χ1n) is 5.31. The summed E-state index contributed by atoms with van der Waals surface area (Å²) in [5, 5.41) is 4.98. The molecule has 1 aromatic heterocycles. The Bertz CT molecular complexity index is 513. The molecule has 0 aliphatic carbocycles. The molecule has 0 radical (unpaired) electrons. The van der Waals surface area contributed by atoms with Crippen LogP contribution in [0.4, 0.5) is 0 Å². The van der Waals surface area contributed by atoms with Crippen molar-refractivity contribution in [3.05, 3.63) is 38.8 Å². The van der Waals surface area contributed by atoms with E-state index >= 15 is 0 Å². The standard InChI is InChI=1S/C12H12BrClN2S/c1-2-15-6-9-7-16-12(17-9)10-5-8(13)3-4-11(10)14/h3-5,7,15H,2,6H2,1H3. The molecular weight excluding hydrogens is 320 g/mol. The van der Waals surface area contributed by atoms with Gasteiger partial charge in [0.2, 0.25) is 0 Å². The Kier molecular flexibility index (Phi) is 4.56. The van der Waals surface area contributed by atoms with Crippen molar-refractivity contribution in [2.45, 2.75) is 13.5 Å². The SMILES string of the molecule is CCNCc1cnc(-c2cc(Br)ccc2Cl)s1. The first-order valence-corrected chi connectivity index (χ1v) is 7.30. The Morgan fingerprint density at radius 3 is 3.06 bits per heavy atom. The summed E-state index contributed by atoms with van der Waals surface area (Å²) in [4.78, 5) is 5.63. The molecule has 90 valence electrons. The number of rotatable bonds is 4. The molecule has 0 fully saturated rings. The Morgan fingerprint density at radius 1 is 1.47 bits per heavy atom. The maximum Gasteiger partial charge on any atom is 0.125 e. The fraction of sp³-hybridized carbons (Fsp3) is 0.250. The second-order valence-electron chi connectivity index (χ2n) is 3.54. The maximum atomic E-state index is 6.17. The highest BCUT2D eigenvalue weighted by atomic mass is 79.9. The first-order chi connectivity index (χ1) is 8.20. The highest BCUT2D eigenvalue weighted by Crippen LogP contribution is 2.33. The van der Waals surface area contributed by atoms with E-state index in [4.69, 9.17) is 11.6 Å². The van der Waals surface area contributed by atoms with Gasteiger partial charge in [-0.15, -0.1) is 11.3 Å². The molecule has 1 N–H and O–H groups in total. The Morgan fingerprint density at radius 2 is 2.29 bits per heavy atom. The van der Waals surface area contributed by atoms with Gasteiger partial charge in [0, 0.05) is 27.7 Å². The summed E-state index contributed by atoms with van der Waals surface area (Å²) in [6.45, 7) is 3.91. The number of nitrogens with one attached hydrogen (secondary N) is 1. The van der Waals surface area contributed by atoms with E-state index in [0.29, 0.717) is 0 Å². The quantitative estimate of drug-likeness (QED) is 0.901. The third-order valence-corrected chi connectivity index (χ3v) is 4.12. The minimum atomic E-state index is 0.734. The molecule has 2 nitrogen and oxygen atoms in total. The Balaban J connectivity index is 2.27. The second kappa shape index (κ2) is 5.96. The van der Waals surface area contributed by atoms with Crippen LogP contribution >= 0.6 is 38.9 Å². The molecule has 0 atom stereocenters. The van der Waals surface area contributed by atoms with Crippen molar-refractivity contribution in [2.24, 2.45) is 0 Å². The third kappa shape index (κ3) is 3.28. The summed E-state index contributed by atoms with van der Waals surface area (Å²) < 4.78 is 1.01. The van der Waals surface area contributed by atoms with Crippen molar-refractivity contribution >= 4 is 38.9 Å². The van der Waals surface area contributed by atoms with Gasteiger partial charge in [-0.1, -0.05) is 34.5 Å². The molecule has 0 saturated carbocycles. The van der Waals surface area contributed by atoms with Gasteiger partial charge in [0.05, 0.1) is 5.02 Å². The van der Waals surface area contributed by atoms with E-state index in [1.165, 1.54) is 4.88 Å². The molecule has 0 spiro atoms. The number of hydrogen-bond donors (Lipinski definition) is 1.